The quantitative estimate of drug-likeness (QED) is 0.353. The Morgan fingerprint density at radius 3 is 2.59 bits per heavy atom. The largest absolute Gasteiger partial charge is 0.495 e. The highest BCUT2D eigenvalue weighted by atomic mass is 19.4. The molecule has 0 fully saturated rings. The van der Waals surface area contributed by atoms with Crippen LogP contribution in [0.15, 0.2) is 24.3 Å². The Bertz CT molecular complexity index is 1030. The molecule has 186 valence electrons. The maximum absolute atomic E-state index is 12.9. The fourth-order valence-corrected chi connectivity index (χ4v) is 3.84. The Labute approximate surface area is 196 Å². The van der Waals surface area contributed by atoms with E-state index in [1.165, 1.54) is 7.11 Å². The third-order valence-corrected chi connectivity index (χ3v) is 5.32. The highest BCUT2D eigenvalue weighted by Gasteiger charge is 2.30. The number of esters is 1. The third-order valence-electron chi connectivity index (χ3n) is 5.32. The second-order valence-corrected chi connectivity index (χ2v) is 8.70. The summed E-state index contributed by atoms with van der Waals surface area (Å²) >= 11 is 0. The minimum absolute atomic E-state index is 0.0250. The minimum atomic E-state index is -4.26. The van der Waals surface area contributed by atoms with Crippen molar-refractivity contribution in [3.8, 4) is 23.0 Å². The summed E-state index contributed by atoms with van der Waals surface area (Å²) in [4.78, 5) is 12.9. The Morgan fingerprint density at radius 1 is 1.21 bits per heavy atom. The lowest BCUT2D eigenvalue weighted by atomic mass is 9.96. The molecule has 1 aliphatic heterocycles. The van der Waals surface area contributed by atoms with E-state index in [4.69, 9.17) is 18.9 Å². The second-order valence-electron chi connectivity index (χ2n) is 8.70. The lowest BCUT2D eigenvalue weighted by Gasteiger charge is -2.24. The average molecular weight is 482 g/mol. The lowest BCUT2D eigenvalue weighted by molar-refractivity contribution is -0.136. The van der Waals surface area contributed by atoms with Crippen molar-refractivity contribution in [1.29, 1.82) is 0 Å². The van der Waals surface area contributed by atoms with Crippen molar-refractivity contribution in [2.75, 3.05) is 13.7 Å². The molecular weight excluding hydrogens is 453 g/mol. The molecule has 0 saturated carbocycles. The Kier molecular flexibility index (Phi) is 7.97. The monoisotopic (exact) mass is 482 g/mol. The number of aryl methyl sites for hydroxylation is 1. The van der Waals surface area contributed by atoms with Crippen LogP contribution < -0.4 is 14.2 Å². The number of carbonyl (C=O) groups is 1. The summed E-state index contributed by atoms with van der Waals surface area (Å²) in [6, 6.07) is 6.58. The molecule has 0 spiro atoms. The molecule has 2 aromatic carbocycles. The molecule has 1 N–H and O–H groups in total. The molecule has 1 aliphatic rings. The van der Waals surface area contributed by atoms with Crippen LogP contribution >= 0.6 is 0 Å². The van der Waals surface area contributed by atoms with Crippen LogP contribution in [-0.4, -0.2) is 31.0 Å². The number of fused-ring (bicyclic) bond motifs is 2. The lowest BCUT2D eigenvalue weighted by Crippen LogP contribution is -2.15. The number of aliphatic hydroxyl groups is 1. The number of cyclic esters (lactones) is 1. The summed E-state index contributed by atoms with van der Waals surface area (Å²) in [5, 5.41) is 10.7. The molecule has 9 heteroatoms. The van der Waals surface area contributed by atoms with Gasteiger partial charge in [0.05, 0.1) is 19.8 Å². The van der Waals surface area contributed by atoms with E-state index in [9.17, 15) is 23.1 Å². The summed E-state index contributed by atoms with van der Waals surface area (Å²) in [6.45, 7) is 5.44. The zero-order valence-corrected chi connectivity index (χ0v) is 19.6. The molecule has 1 heterocycles. The molecule has 0 saturated heterocycles. The van der Waals surface area contributed by atoms with Crippen LogP contribution in [0.25, 0.3) is 0 Å². The molecular formula is C25H29F3O6. The van der Waals surface area contributed by atoms with Gasteiger partial charge in [0.1, 0.15) is 23.7 Å². The van der Waals surface area contributed by atoms with Gasteiger partial charge in [-0.25, -0.2) is 4.79 Å². The van der Waals surface area contributed by atoms with E-state index >= 15 is 0 Å². The van der Waals surface area contributed by atoms with Crippen molar-refractivity contribution < 1.29 is 42.0 Å². The van der Waals surface area contributed by atoms with Gasteiger partial charge in [0.2, 0.25) is 0 Å². The van der Waals surface area contributed by atoms with E-state index in [-0.39, 0.29) is 54.1 Å². The van der Waals surface area contributed by atoms with E-state index in [1.807, 2.05) is 13.8 Å². The summed E-state index contributed by atoms with van der Waals surface area (Å²) in [5.41, 5.74) is 1.75. The van der Waals surface area contributed by atoms with Crippen molar-refractivity contribution in [2.45, 2.75) is 58.9 Å². The van der Waals surface area contributed by atoms with Gasteiger partial charge in [0.15, 0.2) is 11.5 Å². The van der Waals surface area contributed by atoms with Gasteiger partial charge in [-0.1, -0.05) is 13.8 Å². The highest BCUT2D eigenvalue weighted by molar-refractivity contribution is 5.96. The minimum Gasteiger partial charge on any atom is -0.495 e. The Morgan fingerprint density at radius 2 is 1.94 bits per heavy atom. The number of aliphatic hydroxyl groups excluding tert-OH is 1. The number of carbonyl (C=O) groups excluding carboxylic acids is 1. The van der Waals surface area contributed by atoms with Crippen LogP contribution in [0.3, 0.4) is 0 Å². The van der Waals surface area contributed by atoms with E-state index in [1.54, 1.807) is 31.2 Å². The van der Waals surface area contributed by atoms with Crippen molar-refractivity contribution in [3.05, 3.63) is 46.5 Å². The van der Waals surface area contributed by atoms with Gasteiger partial charge in [-0.3, -0.25) is 0 Å². The van der Waals surface area contributed by atoms with E-state index in [0.29, 0.717) is 17.5 Å². The smallest absolute Gasteiger partial charge is 0.389 e. The van der Waals surface area contributed by atoms with Gasteiger partial charge in [-0.05, 0) is 55.5 Å². The van der Waals surface area contributed by atoms with Gasteiger partial charge in [0, 0.05) is 17.5 Å². The van der Waals surface area contributed by atoms with E-state index in [2.05, 4.69) is 0 Å². The molecule has 0 amide bonds. The molecule has 1 atom stereocenters. The first-order chi connectivity index (χ1) is 16.0. The molecule has 0 bridgehead atoms. The molecule has 6 nitrogen and oxygen atoms in total. The number of halogens is 3. The fraction of sp³-hybridized carbons (Fsp3) is 0.480. The van der Waals surface area contributed by atoms with E-state index < -0.39 is 24.7 Å². The second kappa shape index (κ2) is 10.5. The van der Waals surface area contributed by atoms with Crippen LogP contribution in [-0.2, 0) is 11.3 Å². The Balaban J connectivity index is 1.99. The summed E-state index contributed by atoms with van der Waals surface area (Å²) < 4.78 is 60.2. The standard InChI is InChI=1S/C25H29F3O6/c1-14(2)10-18(29)17-6-7-19-21(23(17)31-4)24(30)33-13-16-11-15(3)12-20(22(16)34-19)32-9-5-8-25(26,27)28/h6-7,11-12,14,18,29H,5,8-10,13H2,1-4H3/t18-/m0/s1. The first-order valence-electron chi connectivity index (χ1n) is 11.1. The highest BCUT2D eigenvalue weighted by Crippen LogP contribution is 2.44. The van der Waals surface area contributed by atoms with Crippen LogP contribution in [0.1, 0.15) is 66.3 Å². The van der Waals surface area contributed by atoms with Crippen molar-refractivity contribution >= 4 is 5.97 Å². The van der Waals surface area contributed by atoms with Crippen LogP contribution in [0.4, 0.5) is 13.2 Å². The molecule has 0 radical (unpaired) electrons. The first kappa shape index (κ1) is 25.7. The van der Waals surface area contributed by atoms with Gasteiger partial charge in [-0.15, -0.1) is 0 Å². The zero-order chi connectivity index (χ0) is 25.0. The number of hydrogen-bond donors (Lipinski definition) is 1. The van der Waals surface area contributed by atoms with Crippen LogP contribution in [0, 0.1) is 12.8 Å². The maximum Gasteiger partial charge on any atom is 0.389 e. The predicted molar refractivity (Wildman–Crippen MR) is 119 cm³/mol. The van der Waals surface area contributed by atoms with Crippen LogP contribution in [0.5, 0.6) is 23.0 Å². The summed E-state index contributed by atoms with van der Waals surface area (Å²) in [5.74, 6) is 0.321. The summed E-state index contributed by atoms with van der Waals surface area (Å²) in [7, 11) is 1.39. The van der Waals surface area contributed by atoms with Crippen molar-refractivity contribution in [3.63, 3.8) is 0 Å². The number of alkyl halides is 3. The molecule has 34 heavy (non-hydrogen) atoms. The van der Waals surface area contributed by atoms with Gasteiger partial charge < -0.3 is 24.1 Å². The molecule has 2 aromatic rings. The molecule has 0 aromatic heterocycles. The topological polar surface area (TPSA) is 74.2 Å². The molecule has 3 rings (SSSR count). The van der Waals surface area contributed by atoms with Gasteiger partial charge >= 0.3 is 12.1 Å². The number of methoxy groups -OCH3 is 1. The van der Waals surface area contributed by atoms with Crippen LogP contribution in [0.2, 0.25) is 0 Å². The Hall–Kier alpha value is -2.94. The fourth-order valence-electron chi connectivity index (χ4n) is 3.84. The summed E-state index contributed by atoms with van der Waals surface area (Å²) in [6.07, 6.45) is -5.82. The molecule has 0 aliphatic carbocycles. The van der Waals surface area contributed by atoms with Crippen molar-refractivity contribution in [1.82, 2.24) is 0 Å². The average Bonchev–Trinajstić information content (AvgIpc) is 2.73. The van der Waals surface area contributed by atoms with Gasteiger partial charge in [-0.2, -0.15) is 13.2 Å². The van der Waals surface area contributed by atoms with Crippen molar-refractivity contribution in [2.24, 2.45) is 5.92 Å². The molecule has 0 unspecified atom stereocenters. The predicted octanol–water partition coefficient (Wildman–Crippen LogP) is 6.27. The van der Waals surface area contributed by atoms with Gasteiger partial charge in [0.25, 0.3) is 0 Å². The number of benzene rings is 2. The SMILES string of the molecule is COc1c([C@@H](O)CC(C)C)ccc2c1C(=O)OCc1cc(C)cc(OCCCC(F)(F)F)c1O2. The number of hydrogen-bond acceptors (Lipinski definition) is 6. The number of ether oxygens (including phenoxy) is 4. The third kappa shape index (κ3) is 6.14. The first-order valence-corrected chi connectivity index (χ1v) is 11.1. The zero-order valence-electron chi connectivity index (χ0n) is 19.6. The normalized spacial score (nSPS) is 14.3. The van der Waals surface area contributed by atoms with E-state index in [0.717, 1.165) is 5.56 Å². The number of rotatable bonds is 8. The maximum atomic E-state index is 12.9.